The molecule has 0 aliphatic heterocycles. The van der Waals surface area contributed by atoms with Gasteiger partial charge in [-0.25, -0.2) is 4.98 Å². The van der Waals surface area contributed by atoms with Gasteiger partial charge < -0.3 is 4.98 Å². The first kappa shape index (κ1) is 14.1. The summed E-state index contributed by atoms with van der Waals surface area (Å²) >= 11 is 1.70. The van der Waals surface area contributed by atoms with E-state index in [0.29, 0.717) is 0 Å². The van der Waals surface area contributed by atoms with Crippen molar-refractivity contribution >= 4 is 11.8 Å². The van der Waals surface area contributed by atoms with Gasteiger partial charge in [0.2, 0.25) is 0 Å². The number of H-pyrrole nitrogens is 1. The zero-order valence-electron chi connectivity index (χ0n) is 10.5. The smallest absolute Gasteiger partial charge is 0.165 e. The van der Waals surface area contributed by atoms with Crippen LogP contribution >= 0.6 is 11.8 Å². The largest absolute Gasteiger partial charge is 0.340 e. The summed E-state index contributed by atoms with van der Waals surface area (Å²) in [7, 11) is 0. The van der Waals surface area contributed by atoms with Crippen LogP contribution in [0.2, 0.25) is 0 Å². The number of imidazole rings is 1. The van der Waals surface area contributed by atoms with Gasteiger partial charge in [0.05, 0.1) is 6.07 Å². The fraction of sp³-hybridized carbons (Fsp3) is 0.667. The van der Waals surface area contributed by atoms with E-state index in [0.717, 1.165) is 36.7 Å². The molecular weight excluding hydrogens is 232 g/mol. The van der Waals surface area contributed by atoms with Gasteiger partial charge in [0.15, 0.2) is 5.16 Å². The zero-order chi connectivity index (χ0) is 12.6. The van der Waals surface area contributed by atoms with Gasteiger partial charge in [-0.3, -0.25) is 5.32 Å². The van der Waals surface area contributed by atoms with Crippen LogP contribution in [0.1, 0.15) is 33.1 Å². The Bertz CT molecular complexity index is 344. The molecule has 0 radical (unpaired) electrons. The number of aromatic nitrogens is 2. The van der Waals surface area contributed by atoms with Crippen molar-refractivity contribution in [2.45, 2.75) is 43.8 Å². The van der Waals surface area contributed by atoms with Crippen LogP contribution in [-0.4, -0.2) is 27.8 Å². The Hall–Kier alpha value is -0.990. The molecule has 1 atom stereocenters. The van der Waals surface area contributed by atoms with Crippen molar-refractivity contribution in [2.24, 2.45) is 0 Å². The van der Waals surface area contributed by atoms with Crippen LogP contribution < -0.4 is 5.32 Å². The molecule has 17 heavy (non-hydrogen) atoms. The maximum absolute atomic E-state index is 9.16. The van der Waals surface area contributed by atoms with Crippen LogP contribution in [0.5, 0.6) is 0 Å². The Labute approximate surface area is 107 Å². The third-order valence-corrected chi connectivity index (χ3v) is 3.53. The first-order valence-corrected chi connectivity index (χ1v) is 6.97. The summed E-state index contributed by atoms with van der Waals surface area (Å²) in [6, 6.07) is 2.36. The molecule has 1 heterocycles. The summed E-state index contributed by atoms with van der Waals surface area (Å²) < 4.78 is 0. The number of hydrogen-bond donors (Lipinski definition) is 2. The van der Waals surface area contributed by atoms with Crippen molar-refractivity contribution in [1.82, 2.24) is 15.3 Å². The van der Waals surface area contributed by atoms with Crippen molar-refractivity contribution in [1.29, 1.82) is 5.26 Å². The van der Waals surface area contributed by atoms with Crippen LogP contribution in [0.3, 0.4) is 0 Å². The van der Waals surface area contributed by atoms with Crippen molar-refractivity contribution < 1.29 is 0 Å². The molecule has 4 nitrogen and oxygen atoms in total. The highest BCUT2D eigenvalue weighted by Crippen LogP contribution is 2.18. The maximum Gasteiger partial charge on any atom is 0.165 e. The lowest BCUT2D eigenvalue weighted by atomic mass is 9.98. The Morgan fingerprint density at radius 3 is 3.06 bits per heavy atom. The summed E-state index contributed by atoms with van der Waals surface area (Å²) in [5.74, 6) is 0.985. The van der Waals surface area contributed by atoms with E-state index in [1.54, 1.807) is 18.0 Å². The number of nitrogens with one attached hydrogen (secondary N) is 2. The predicted molar refractivity (Wildman–Crippen MR) is 70.9 cm³/mol. The second-order valence-electron chi connectivity index (χ2n) is 4.22. The van der Waals surface area contributed by atoms with Crippen LogP contribution in [0.25, 0.3) is 0 Å². The number of nitrogens with zero attached hydrogens (tertiary/aromatic N) is 2. The van der Waals surface area contributed by atoms with Crippen molar-refractivity contribution in [3.8, 4) is 6.07 Å². The molecule has 0 saturated carbocycles. The quantitative estimate of drug-likeness (QED) is 0.551. The SMILES string of the molecule is CCCNC(C)(C#N)CCCSc1ncc[nH]1. The fourth-order valence-corrected chi connectivity index (χ4v) is 2.28. The van der Waals surface area contributed by atoms with Crippen molar-refractivity contribution in [3.05, 3.63) is 12.4 Å². The molecule has 0 amide bonds. The van der Waals surface area contributed by atoms with E-state index < -0.39 is 0 Å². The number of aromatic amines is 1. The number of hydrogen-bond acceptors (Lipinski definition) is 4. The first-order chi connectivity index (χ1) is 8.20. The number of rotatable bonds is 8. The third kappa shape index (κ3) is 5.24. The monoisotopic (exact) mass is 252 g/mol. The highest BCUT2D eigenvalue weighted by molar-refractivity contribution is 7.99. The Morgan fingerprint density at radius 1 is 1.65 bits per heavy atom. The summed E-state index contributed by atoms with van der Waals surface area (Å²) in [6.45, 7) is 4.98. The van der Waals surface area contributed by atoms with Crippen LogP contribution in [0, 0.1) is 11.3 Å². The normalized spacial score (nSPS) is 14.2. The summed E-state index contributed by atoms with van der Waals surface area (Å²) in [5, 5.41) is 13.4. The zero-order valence-corrected chi connectivity index (χ0v) is 11.3. The van der Waals surface area contributed by atoms with Crippen LogP contribution in [0.15, 0.2) is 17.6 Å². The van der Waals surface area contributed by atoms with Gasteiger partial charge in [-0.2, -0.15) is 5.26 Å². The summed E-state index contributed by atoms with van der Waals surface area (Å²) in [5.41, 5.74) is -0.389. The van der Waals surface area contributed by atoms with E-state index in [1.165, 1.54) is 0 Å². The maximum atomic E-state index is 9.16. The van der Waals surface area contributed by atoms with Crippen molar-refractivity contribution in [3.63, 3.8) is 0 Å². The molecule has 2 N–H and O–H groups in total. The molecule has 1 unspecified atom stereocenters. The lowest BCUT2D eigenvalue weighted by molar-refractivity contribution is 0.415. The molecule has 1 aromatic heterocycles. The topological polar surface area (TPSA) is 64.5 Å². The standard InChI is InChI=1S/C12H20N4S/c1-3-6-16-12(2,10-13)5-4-9-17-11-14-7-8-15-11/h7-8,16H,3-6,9H2,1-2H3,(H,14,15). The molecule has 0 saturated heterocycles. The third-order valence-electron chi connectivity index (χ3n) is 2.54. The summed E-state index contributed by atoms with van der Waals surface area (Å²) in [6.07, 6.45) is 6.51. The van der Waals surface area contributed by atoms with Crippen LogP contribution in [0.4, 0.5) is 0 Å². The lowest BCUT2D eigenvalue weighted by Crippen LogP contribution is -2.41. The average molecular weight is 252 g/mol. The number of nitriles is 1. The minimum atomic E-state index is -0.389. The molecule has 0 aromatic carbocycles. The molecule has 1 rings (SSSR count). The minimum Gasteiger partial charge on any atom is -0.340 e. The van der Waals surface area contributed by atoms with Gasteiger partial charge in [-0.15, -0.1) is 0 Å². The van der Waals surface area contributed by atoms with Gasteiger partial charge in [-0.05, 0) is 32.7 Å². The Kier molecular flexibility index (Phi) is 6.09. The highest BCUT2D eigenvalue weighted by atomic mass is 32.2. The van der Waals surface area contributed by atoms with Gasteiger partial charge in [-0.1, -0.05) is 18.7 Å². The molecule has 0 spiro atoms. The minimum absolute atomic E-state index is 0.389. The molecular formula is C12H20N4S. The Balaban J connectivity index is 2.21. The van der Waals surface area contributed by atoms with E-state index >= 15 is 0 Å². The van der Waals surface area contributed by atoms with E-state index in [1.807, 2.05) is 13.1 Å². The van der Waals surface area contributed by atoms with Gasteiger partial charge >= 0.3 is 0 Å². The molecule has 0 bridgehead atoms. The molecule has 0 fully saturated rings. The van der Waals surface area contributed by atoms with E-state index in [9.17, 15) is 0 Å². The summed E-state index contributed by atoms with van der Waals surface area (Å²) in [4.78, 5) is 7.20. The lowest BCUT2D eigenvalue weighted by Gasteiger charge is -2.22. The number of thioether (sulfide) groups is 1. The van der Waals surface area contributed by atoms with E-state index in [-0.39, 0.29) is 5.54 Å². The predicted octanol–water partition coefficient (Wildman–Crippen LogP) is 2.56. The van der Waals surface area contributed by atoms with E-state index in [4.69, 9.17) is 5.26 Å². The molecule has 94 valence electrons. The van der Waals surface area contributed by atoms with Gasteiger partial charge in [0.25, 0.3) is 0 Å². The fourth-order valence-electron chi connectivity index (χ4n) is 1.51. The van der Waals surface area contributed by atoms with Crippen LogP contribution in [-0.2, 0) is 0 Å². The molecule has 1 aromatic rings. The molecule has 0 aliphatic rings. The van der Waals surface area contributed by atoms with E-state index in [2.05, 4.69) is 28.3 Å². The second kappa shape index (κ2) is 7.36. The second-order valence-corrected chi connectivity index (χ2v) is 5.30. The van der Waals surface area contributed by atoms with Gasteiger partial charge in [0.1, 0.15) is 5.54 Å². The van der Waals surface area contributed by atoms with Crippen molar-refractivity contribution in [2.75, 3.05) is 12.3 Å². The van der Waals surface area contributed by atoms with Gasteiger partial charge in [0, 0.05) is 18.1 Å². The Morgan fingerprint density at radius 2 is 2.47 bits per heavy atom. The highest BCUT2D eigenvalue weighted by Gasteiger charge is 2.21. The molecule has 5 heteroatoms. The molecule has 0 aliphatic carbocycles. The average Bonchev–Trinajstić information content (AvgIpc) is 2.85. The first-order valence-electron chi connectivity index (χ1n) is 5.98.